The van der Waals surface area contributed by atoms with Crippen molar-refractivity contribution < 1.29 is 19.1 Å². The minimum Gasteiger partial charge on any atom is -0.478 e. The average molecular weight is 333 g/mol. The lowest BCUT2D eigenvalue weighted by atomic mass is 10.0. The fraction of sp³-hybridized carbons (Fsp3) is 0.250. The number of amides is 1. The van der Waals surface area contributed by atoms with Crippen LogP contribution in [0.15, 0.2) is 23.0 Å². The molecule has 3 N–H and O–H groups in total. The van der Waals surface area contributed by atoms with E-state index >= 15 is 0 Å². The van der Waals surface area contributed by atoms with Gasteiger partial charge in [-0.15, -0.1) is 0 Å². The molecule has 1 amide bonds. The Hall–Kier alpha value is -3.03. The standard InChI is InChI=1S/C16H16FN3O4/c1-3-9-11(4-2)19-20-15(22)13(9)14(21)18-12-7-8(16(23)24)5-6-10(12)17/h5-7H,3-4H2,1-2H3,(H,18,21)(H,20,22)(H,23,24). The van der Waals surface area contributed by atoms with Crippen LogP contribution in [0.3, 0.4) is 0 Å². The van der Waals surface area contributed by atoms with Crippen molar-refractivity contribution in [2.24, 2.45) is 0 Å². The van der Waals surface area contributed by atoms with E-state index in [1.807, 2.05) is 6.92 Å². The number of carboxylic acid groups (broad SMARTS) is 1. The quantitative estimate of drug-likeness (QED) is 0.774. The van der Waals surface area contributed by atoms with Crippen molar-refractivity contribution in [3.63, 3.8) is 0 Å². The molecule has 1 aromatic heterocycles. The maximum atomic E-state index is 13.8. The van der Waals surface area contributed by atoms with Crippen molar-refractivity contribution in [2.75, 3.05) is 5.32 Å². The molecule has 0 aliphatic rings. The van der Waals surface area contributed by atoms with Crippen LogP contribution in [0.1, 0.15) is 45.8 Å². The zero-order valence-electron chi connectivity index (χ0n) is 13.1. The van der Waals surface area contributed by atoms with Gasteiger partial charge in [0, 0.05) is 0 Å². The zero-order chi connectivity index (χ0) is 17.9. The fourth-order valence-corrected chi connectivity index (χ4v) is 2.38. The van der Waals surface area contributed by atoms with Gasteiger partial charge in [0.25, 0.3) is 11.5 Å². The lowest BCUT2D eigenvalue weighted by Gasteiger charge is -2.11. The Morgan fingerprint density at radius 1 is 1.29 bits per heavy atom. The van der Waals surface area contributed by atoms with Crippen LogP contribution in [0.25, 0.3) is 0 Å². The molecule has 0 saturated heterocycles. The molecular formula is C16H16FN3O4. The van der Waals surface area contributed by atoms with Crippen molar-refractivity contribution >= 4 is 17.6 Å². The normalized spacial score (nSPS) is 10.5. The molecule has 0 saturated carbocycles. The Morgan fingerprint density at radius 2 is 2.00 bits per heavy atom. The van der Waals surface area contributed by atoms with Crippen molar-refractivity contribution in [2.45, 2.75) is 26.7 Å². The number of carboxylic acids is 1. The topological polar surface area (TPSA) is 112 Å². The van der Waals surface area contributed by atoms with E-state index in [-0.39, 0.29) is 16.8 Å². The number of aryl methyl sites for hydroxylation is 1. The van der Waals surface area contributed by atoms with Crippen LogP contribution in [-0.4, -0.2) is 27.2 Å². The molecule has 2 rings (SSSR count). The van der Waals surface area contributed by atoms with Gasteiger partial charge < -0.3 is 10.4 Å². The van der Waals surface area contributed by atoms with Crippen LogP contribution in [-0.2, 0) is 12.8 Å². The Labute approximate surface area is 136 Å². The van der Waals surface area contributed by atoms with Crippen molar-refractivity contribution in [1.82, 2.24) is 10.2 Å². The first-order valence-electron chi connectivity index (χ1n) is 7.33. The summed E-state index contributed by atoms with van der Waals surface area (Å²) in [5.74, 6) is -2.87. The number of H-pyrrole nitrogens is 1. The highest BCUT2D eigenvalue weighted by Gasteiger charge is 2.20. The molecule has 1 heterocycles. The molecular weight excluding hydrogens is 317 g/mol. The van der Waals surface area contributed by atoms with Crippen molar-refractivity contribution in [1.29, 1.82) is 0 Å². The molecule has 126 valence electrons. The Balaban J connectivity index is 2.46. The fourth-order valence-electron chi connectivity index (χ4n) is 2.38. The van der Waals surface area contributed by atoms with Gasteiger partial charge in [0.05, 0.1) is 16.9 Å². The Bertz CT molecular complexity index is 861. The highest BCUT2D eigenvalue weighted by Crippen LogP contribution is 2.18. The van der Waals surface area contributed by atoms with Crippen LogP contribution in [0.5, 0.6) is 0 Å². The number of aromatic carboxylic acids is 1. The second-order valence-corrected chi connectivity index (χ2v) is 5.01. The van der Waals surface area contributed by atoms with E-state index in [9.17, 15) is 18.8 Å². The van der Waals surface area contributed by atoms with Gasteiger partial charge in [0.2, 0.25) is 0 Å². The monoisotopic (exact) mass is 333 g/mol. The number of carbonyl (C=O) groups is 2. The van der Waals surface area contributed by atoms with E-state index in [0.29, 0.717) is 24.1 Å². The summed E-state index contributed by atoms with van der Waals surface area (Å²) in [5.41, 5.74) is -0.270. The molecule has 0 aliphatic carbocycles. The number of benzene rings is 1. The number of aromatic nitrogens is 2. The van der Waals surface area contributed by atoms with Gasteiger partial charge in [-0.1, -0.05) is 13.8 Å². The first-order valence-corrected chi connectivity index (χ1v) is 7.33. The van der Waals surface area contributed by atoms with E-state index in [4.69, 9.17) is 5.11 Å². The number of nitrogens with zero attached hydrogens (tertiary/aromatic N) is 1. The van der Waals surface area contributed by atoms with Crippen LogP contribution in [0.2, 0.25) is 0 Å². The summed E-state index contributed by atoms with van der Waals surface area (Å²) >= 11 is 0. The number of anilines is 1. The predicted octanol–water partition coefficient (Wildman–Crippen LogP) is 1.98. The Kier molecular flexibility index (Phi) is 5.08. The molecule has 8 heteroatoms. The molecule has 24 heavy (non-hydrogen) atoms. The summed E-state index contributed by atoms with van der Waals surface area (Å²) < 4.78 is 13.8. The van der Waals surface area contributed by atoms with E-state index in [0.717, 1.165) is 18.2 Å². The molecule has 0 bridgehead atoms. The number of carbonyl (C=O) groups excluding carboxylic acids is 1. The molecule has 0 radical (unpaired) electrons. The van der Waals surface area contributed by atoms with Crippen molar-refractivity contribution in [3.05, 3.63) is 56.8 Å². The van der Waals surface area contributed by atoms with Crippen LogP contribution in [0, 0.1) is 5.82 Å². The van der Waals surface area contributed by atoms with Gasteiger partial charge in [-0.2, -0.15) is 5.10 Å². The maximum absolute atomic E-state index is 13.8. The number of hydrogen-bond donors (Lipinski definition) is 3. The zero-order valence-corrected chi connectivity index (χ0v) is 13.1. The molecule has 0 fully saturated rings. The molecule has 0 aliphatic heterocycles. The summed E-state index contributed by atoms with van der Waals surface area (Å²) in [7, 11) is 0. The number of rotatable bonds is 5. The van der Waals surface area contributed by atoms with Crippen molar-refractivity contribution in [3.8, 4) is 0 Å². The van der Waals surface area contributed by atoms with Gasteiger partial charge in [-0.25, -0.2) is 14.3 Å². The molecule has 1 aromatic carbocycles. The first-order chi connectivity index (χ1) is 11.4. The Morgan fingerprint density at radius 3 is 2.58 bits per heavy atom. The summed E-state index contributed by atoms with van der Waals surface area (Å²) in [4.78, 5) is 35.4. The molecule has 0 atom stereocenters. The van der Waals surface area contributed by atoms with Crippen LogP contribution >= 0.6 is 0 Å². The average Bonchev–Trinajstić information content (AvgIpc) is 2.55. The SMILES string of the molecule is CCc1n[nH]c(=O)c(C(=O)Nc2cc(C(=O)O)ccc2F)c1CC. The molecule has 0 unspecified atom stereocenters. The van der Waals surface area contributed by atoms with Gasteiger partial charge in [-0.05, 0) is 36.6 Å². The third-order valence-electron chi connectivity index (χ3n) is 3.55. The smallest absolute Gasteiger partial charge is 0.335 e. The first kappa shape index (κ1) is 17.3. The van der Waals surface area contributed by atoms with E-state index in [1.165, 1.54) is 0 Å². The molecule has 7 nitrogen and oxygen atoms in total. The minimum atomic E-state index is -1.25. The van der Waals surface area contributed by atoms with Gasteiger partial charge in [0.1, 0.15) is 11.4 Å². The summed E-state index contributed by atoms with van der Waals surface area (Å²) in [6.45, 7) is 3.61. The minimum absolute atomic E-state index is 0.149. The lowest BCUT2D eigenvalue weighted by Crippen LogP contribution is -2.28. The van der Waals surface area contributed by atoms with Gasteiger partial charge in [0.15, 0.2) is 0 Å². The number of aromatic amines is 1. The largest absolute Gasteiger partial charge is 0.478 e. The highest BCUT2D eigenvalue weighted by molar-refractivity contribution is 6.05. The lowest BCUT2D eigenvalue weighted by molar-refractivity contribution is 0.0696. The maximum Gasteiger partial charge on any atom is 0.335 e. The summed E-state index contributed by atoms with van der Waals surface area (Å²) in [5, 5.41) is 17.4. The van der Waals surface area contributed by atoms with E-state index < -0.39 is 23.3 Å². The second kappa shape index (κ2) is 7.03. The van der Waals surface area contributed by atoms with Crippen LogP contribution < -0.4 is 10.9 Å². The predicted molar refractivity (Wildman–Crippen MR) is 84.9 cm³/mol. The second-order valence-electron chi connectivity index (χ2n) is 5.01. The number of nitrogens with one attached hydrogen (secondary N) is 2. The highest BCUT2D eigenvalue weighted by atomic mass is 19.1. The van der Waals surface area contributed by atoms with E-state index in [1.54, 1.807) is 6.92 Å². The number of hydrogen-bond acceptors (Lipinski definition) is 4. The molecule has 2 aromatic rings. The molecule has 0 spiro atoms. The third-order valence-corrected chi connectivity index (χ3v) is 3.55. The summed E-state index contributed by atoms with van der Waals surface area (Å²) in [6, 6.07) is 3.02. The number of halogens is 1. The summed E-state index contributed by atoms with van der Waals surface area (Å²) in [6.07, 6.45) is 0.920. The third kappa shape index (κ3) is 3.32. The van der Waals surface area contributed by atoms with E-state index in [2.05, 4.69) is 15.5 Å². The van der Waals surface area contributed by atoms with Gasteiger partial charge in [-0.3, -0.25) is 9.59 Å². The van der Waals surface area contributed by atoms with Gasteiger partial charge >= 0.3 is 5.97 Å². The van der Waals surface area contributed by atoms with Crippen LogP contribution in [0.4, 0.5) is 10.1 Å².